The lowest BCUT2D eigenvalue weighted by Gasteiger charge is -2.05. The highest BCUT2D eigenvalue weighted by atomic mass is 35.5. The lowest BCUT2D eigenvalue weighted by molar-refractivity contribution is 0.0991. The van der Waals surface area contributed by atoms with E-state index in [1.54, 1.807) is 29.9 Å². The summed E-state index contributed by atoms with van der Waals surface area (Å²) in [7, 11) is 1.78. The van der Waals surface area contributed by atoms with Crippen LogP contribution in [0, 0.1) is 0 Å². The molecule has 0 aliphatic heterocycles. The first-order chi connectivity index (χ1) is 9.42. The van der Waals surface area contributed by atoms with E-state index in [0.29, 0.717) is 27.0 Å². The number of halogens is 2. The molecule has 0 unspecified atom stereocenters. The van der Waals surface area contributed by atoms with Crippen molar-refractivity contribution in [3.05, 3.63) is 45.2 Å². The van der Waals surface area contributed by atoms with Crippen molar-refractivity contribution in [1.82, 2.24) is 9.78 Å². The van der Waals surface area contributed by atoms with Gasteiger partial charge in [-0.3, -0.25) is 9.48 Å². The molecule has 4 nitrogen and oxygen atoms in total. The van der Waals surface area contributed by atoms with Crippen LogP contribution in [0.3, 0.4) is 0 Å². The van der Waals surface area contributed by atoms with Gasteiger partial charge in [0.1, 0.15) is 0 Å². The average Bonchev–Trinajstić information content (AvgIpc) is 2.65. The molecular weight excluding hydrogens is 297 g/mol. The summed E-state index contributed by atoms with van der Waals surface area (Å²) in [6, 6.07) is 4.81. The summed E-state index contributed by atoms with van der Waals surface area (Å²) < 4.78 is 1.65. The zero-order chi connectivity index (χ0) is 14.9. The Labute approximate surface area is 127 Å². The summed E-state index contributed by atoms with van der Waals surface area (Å²) in [6.07, 6.45) is 0.896. The van der Waals surface area contributed by atoms with Crippen molar-refractivity contribution < 1.29 is 4.79 Å². The first-order valence-corrected chi connectivity index (χ1v) is 6.97. The number of nitrogens with two attached hydrogens (primary N) is 1. The number of anilines is 1. The highest BCUT2D eigenvalue weighted by Gasteiger charge is 2.17. The van der Waals surface area contributed by atoms with Crippen molar-refractivity contribution >= 4 is 34.7 Å². The van der Waals surface area contributed by atoms with Crippen LogP contribution < -0.4 is 5.73 Å². The third-order valence-corrected chi connectivity index (χ3v) is 3.73. The summed E-state index contributed by atoms with van der Waals surface area (Å²) in [5.41, 5.74) is 8.13. The molecule has 0 amide bonds. The molecule has 0 aliphatic rings. The predicted molar refractivity (Wildman–Crippen MR) is 81.5 cm³/mol. The number of rotatable bonds is 4. The molecule has 1 heterocycles. The summed E-state index contributed by atoms with van der Waals surface area (Å²) in [5, 5.41) is 5.29. The number of aryl methyl sites for hydroxylation is 2. The number of hydrogen-bond donors (Lipinski definition) is 1. The molecule has 0 saturated heterocycles. The first kappa shape index (κ1) is 14.9. The first-order valence-electron chi connectivity index (χ1n) is 6.22. The quantitative estimate of drug-likeness (QED) is 0.696. The summed E-state index contributed by atoms with van der Waals surface area (Å²) in [4.78, 5) is 12.3. The number of aromatic nitrogens is 2. The van der Waals surface area contributed by atoms with E-state index in [-0.39, 0.29) is 12.2 Å². The molecule has 106 valence electrons. The number of nitrogens with zero attached hydrogens (tertiary/aromatic N) is 2. The zero-order valence-corrected chi connectivity index (χ0v) is 12.8. The topological polar surface area (TPSA) is 60.9 Å². The Morgan fingerprint density at radius 2 is 2.05 bits per heavy atom. The van der Waals surface area contributed by atoms with Crippen LogP contribution in [0.4, 0.5) is 5.69 Å². The molecule has 0 saturated carbocycles. The average molecular weight is 312 g/mol. The largest absolute Gasteiger partial charge is 0.399 e. The maximum absolute atomic E-state index is 12.3. The Kier molecular flexibility index (Phi) is 4.35. The van der Waals surface area contributed by atoms with Crippen molar-refractivity contribution in [2.45, 2.75) is 19.8 Å². The summed E-state index contributed by atoms with van der Waals surface area (Å²) >= 11 is 12.1. The van der Waals surface area contributed by atoms with Crippen molar-refractivity contribution in [3.8, 4) is 0 Å². The van der Waals surface area contributed by atoms with Gasteiger partial charge in [0.05, 0.1) is 22.8 Å². The Morgan fingerprint density at radius 1 is 1.35 bits per heavy atom. The minimum atomic E-state index is -0.0910. The van der Waals surface area contributed by atoms with Gasteiger partial charge in [0.15, 0.2) is 5.78 Å². The van der Waals surface area contributed by atoms with E-state index in [0.717, 1.165) is 12.1 Å². The minimum Gasteiger partial charge on any atom is -0.399 e. The van der Waals surface area contributed by atoms with Gasteiger partial charge in [-0.05, 0) is 24.6 Å². The van der Waals surface area contributed by atoms with Crippen molar-refractivity contribution in [2.75, 3.05) is 5.73 Å². The number of carbonyl (C=O) groups excluding carboxylic acids is 1. The van der Waals surface area contributed by atoms with E-state index in [1.165, 1.54) is 0 Å². The normalized spacial score (nSPS) is 10.8. The molecular formula is C14H15Cl2N3O. The van der Waals surface area contributed by atoms with Crippen LogP contribution in [0.1, 0.15) is 28.7 Å². The lowest BCUT2D eigenvalue weighted by Crippen LogP contribution is -2.08. The fourth-order valence-corrected chi connectivity index (χ4v) is 2.64. The molecule has 20 heavy (non-hydrogen) atoms. The van der Waals surface area contributed by atoms with Gasteiger partial charge in [-0.1, -0.05) is 30.1 Å². The fraction of sp³-hybridized carbons (Fsp3) is 0.286. The van der Waals surface area contributed by atoms with Crippen LogP contribution in [0.25, 0.3) is 0 Å². The highest BCUT2D eigenvalue weighted by molar-refractivity contribution is 6.32. The molecule has 0 radical (unpaired) electrons. The van der Waals surface area contributed by atoms with Crippen molar-refractivity contribution in [3.63, 3.8) is 0 Å². The molecule has 0 atom stereocenters. The number of Topliss-reactive ketones (excluding diaryl/α,β-unsaturated/α-hetero) is 1. The molecule has 0 bridgehead atoms. The monoisotopic (exact) mass is 311 g/mol. The Hall–Kier alpha value is -1.52. The van der Waals surface area contributed by atoms with Crippen LogP contribution in [0.5, 0.6) is 0 Å². The van der Waals surface area contributed by atoms with Gasteiger partial charge in [0, 0.05) is 23.3 Å². The Balaban J connectivity index is 2.30. The fourth-order valence-electron chi connectivity index (χ4n) is 2.04. The number of hydrogen-bond acceptors (Lipinski definition) is 3. The third kappa shape index (κ3) is 2.97. The molecule has 1 aromatic carbocycles. The smallest absolute Gasteiger partial charge is 0.168 e. The minimum absolute atomic E-state index is 0.0910. The summed E-state index contributed by atoms with van der Waals surface area (Å²) in [5.74, 6) is -0.0910. The zero-order valence-electron chi connectivity index (χ0n) is 11.3. The van der Waals surface area contributed by atoms with Crippen LogP contribution in [0.15, 0.2) is 18.2 Å². The van der Waals surface area contributed by atoms with Crippen molar-refractivity contribution in [2.24, 2.45) is 7.05 Å². The van der Waals surface area contributed by atoms with E-state index in [1.807, 2.05) is 6.92 Å². The molecule has 2 N–H and O–H groups in total. The summed E-state index contributed by atoms with van der Waals surface area (Å²) in [6.45, 7) is 1.97. The van der Waals surface area contributed by atoms with E-state index >= 15 is 0 Å². The second kappa shape index (κ2) is 5.85. The molecule has 0 spiro atoms. The van der Waals surface area contributed by atoms with Gasteiger partial charge in [-0.25, -0.2) is 0 Å². The molecule has 0 fully saturated rings. The molecule has 2 rings (SSSR count). The highest BCUT2D eigenvalue weighted by Crippen LogP contribution is 2.23. The van der Waals surface area contributed by atoms with Gasteiger partial charge >= 0.3 is 0 Å². The number of carbonyl (C=O) groups is 1. The van der Waals surface area contributed by atoms with Crippen LogP contribution in [0.2, 0.25) is 10.0 Å². The lowest BCUT2D eigenvalue weighted by atomic mass is 10.1. The van der Waals surface area contributed by atoms with E-state index in [9.17, 15) is 4.79 Å². The molecule has 1 aromatic heterocycles. The number of ketones is 1. The van der Waals surface area contributed by atoms with Crippen LogP contribution >= 0.6 is 23.2 Å². The predicted octanol–water partition coefficient (Wildman–Crippen LogP) is 3.30. The van der Waals surface area contributed by atoms with Crippen LogP contribution in [-0.4, -0.2) is 15.6 Å². The molecule has 6 heteroatoms. The number of benzene rings is 1. The van der Waals surface area contributed by atoms with Gasteiger partial charge in [0.2, 0.25) is 0 Å². The van der Waals surface area contributed by atoms with Gasteiger partial charge in [0.25, 0.3) is 0 Å². The molecule has 2 aromatic rings. The van der Waals surface area contributed by atoms with E-state index < -0.39 is 0 Å². The van der Waals surface area contributed by atoms with Gasteiger partial charge < -0.3 is 5.73 Å². The standard InChI is InChI=1S/C14H15Cl2N3O/c1-3-11-14(16)12(19(2)18-11)7-13(20)8-4-9(15)6-10(17)5-8/h4-6H,3,7,17H2,1-2H3. The second-order valence-corrected chi connectivity index (χ2v) is 5.37. The third-order valence-electron chi connectivity index (χ3n) is 3.07. The van der Waals surface area contributed by atoms with E-state index in [4.69, 9.17) is 28.9 Å². The van der Waals surface area contributed by atoms with Gasteiger partial charge in [-0.15, -0.1) is 0 Å². The molecule has 0 aliphatic carbocycles. The maximum atomic E-state index is 12.3. The van der Waals surface area contributed by atoms with E-state index in [2.05, 4.69) is 5.10 Å². The van der Waals surface area contributed by atoms with Crippen LogP contribution in [-0.2, 0) is 19.9 Å². The van der Waals surface area contributed by atoms with Gasteiger partial charge in [-0.2, -0.15) is 5.10 Å². The Morgan fingerprint density at radius 3 is 2.60 bits per heavy atom. The SMILES string of the molecule is CCc1nn(C)c(CC(=O)c2cc(N)cc(Cl)c2)c1Cl. The maximum Gasteiger partial charge on any atom is 0.168 e. The number of nitrogen functional groups attached to an aromatic ring is 1. The Bertz CT molecular complexity index is 644. The second-order valence-electron chi connectivity index (χ2n) is 4.56. The van der Waals surface area contributed by atoms with Crippen molar-refractivity contribution in [1.29, 1.82) is 0 Å².